The van der Waals surface area contributed by atoms with Crippen molar-refractivity contribution in [3.05, 3.63) is 23.3 Å². The summed E-state index contributed by atoms with van der Waals surface area (Å²) in [5.74, 6) is 2.08. The Labute approximate surface area is 155 Å². The maximum Gasteiger partial charge on any atom is 0.165 e. The van der Waals surface area contributed by atoms with Gasteiger partial charge in [0.25, 0.3) is 0 Å². The van der Waals surface area contributed by atoms with Crippen LogP contribution in [0.5, 0.6) is 11.5 Å². The molecule has 3 fully saturated rings. The van der Waals surface area contributed by atoms with Crippen molar-refractivity contribution in [1.82, 2.24) is 10.2 Å². The maximum absolute atomic E-state index is 10.6. The molecule has 0 aromatic heterocycles. The van der Waals surface area contributed by atoms with Crippen LogP contribution in [-0.4, -0.2) is 48.3 Å². The summed E-state index contributed by atoms with van der Waals surface area (Å²) < 4.78 is 6.58. The zero-order valence-corrected chi connectivity index (χ0v) is 15.9. The molecule has 0 amide bonds. The van der Waals surface area contributed by atoms with Crippen molar-refractivity contribution in [3.8, 4) is 11.5 Å². The second-order valence-corrected chi connectivity index (χ2v) is 9.72. The minimum absolute atomic E-state index is 0.0608. The third kappa shape index (κ3) is 1.69. The Morgan fingerprint density at radius 2 is 2.12 bits per heavy atom. The number of nitrogens with one attached hydrogen (secondary N) is 1. The van der Waals surface area contributed by atoms with Crippen molar-refractivity contribution in [2.45, 2.75) is 69.1 Å². The number of phenols is 1. The molecule has 2 N–H and O–H groups in total. The number of aromatic hydroxyl groups is 1. The van der Waals surface area contributed by atoms with Crippen LogP contribution in [0.1, 0.15) is 50.2 Å². The number of hydrogen-bond donors (Lipinski definition) is 2. The first-order valence-corrected chi connectivity index (χ1v) is 10.5. The molecule has 4 heteroatoms. The Hall–Kier alpha value is -1.26. The predicted molar refractivity (Wildman–Crippen MR) is 101 cm³/mol. The van der Waals surface area contributed by atoms with Crippen molar-refractivity contribution in [2.75, 3.05) is 20.1 Å². The van der Waals surface area contributed by atoms with Crippen LogP contribution < -0.4 is 10.1 Å². The van der Waals surface area contributed by atoms with Crippen LogP contribution in [-0.2, 0) is 11.8 Å². The molecule has 5 aliphatic rings. The highest BCUT2D eigenvalue weighted by Gasteiger charge is 2.71. The Kier molecular flexibility index (Phi) is 3.01. The highest BCUT2D eigenvalue weighted by atomic mass is 16.5. The smallest absolute Gasteiger partial charge is 0.165 e. The summed E-state index contributed by atoms with van der Waals surface area (Å²) >= 11 is 0. The van der Waals surface area contributed by atoms with Gasteiger partial charge in [0.15, 0.2) is 11.5 Å². The highest BCUT2D eigenvalue weighted by molar-refractivity contribution is 5.61. The molecule has 2 bridgehead atoms. The quantitative estimate of drug-likeness (QED) is 0.876. The summed E-state index contributed by atoms with van der Waals surface area (Å²) in [5.41, 5.74) is 3.10. The normalized spacial score (nSPS) is 43.1. The van der Waals surface area contributed by atoms with Crippen LogP contribution in [0.3, 0.4) is 0 Å². The summed E-state index contributed by atoms with van der Waals surface area (Å²) in [6.45, 7) is 5.01. The Balaban J connectivity index is 1.55. The molecule has 2 aliphatic heterocycles. The van der Waals surface area contributed by atoms with E-state index in [9.17, 15) is 5.11 Å². The van der Waals surface area contributed by atoms with Crippen molar-refractivity contribution >= 4 is 0 Å². The summed E-state index contributed by atoms with van der Waals surface area (Å²) in [4.78, 5) is 2.83. The lowest BCUT2D eigenvalue weighted by atomic mass is 9.43. The molecule has 2 saturated carbocycles. The number of ether oxygens (including phenoxy) is 1. The van der Waals surface area contributed by atoms with E-state index in [-0.39, 0.29) is 16.9 Å². The zero-order chi connectivity index (χ0) is 17.7. The molecule has 1 aromatic carbocycles. The summed E-state index contributed by atoms with van der Waals surface area (Å²) in [6.07, 6.45) is 7.70. The van der Waals surface area contributed by atoms with Crippen molar-refractivity contribution < 1.29 is 9.84 Å². The van der Waals surface area contributed by atoms with E-state index in [4.69, 9.17) is 4.74 Å². The first kappa shape index (κ1) is 15.8. The van der Waals surface area contributed by atoms with E-state index in [1.807, 2.05) is 6.07 Å². The fraction of sp³-hybridized carbons (Fsp3) is 0.727. The standard InChI is InChI=1S/C22H30N2O2/c1-21-8-7-15(23-2)20-22(21)9-10-24(12-13-3-4-13)17(21)11-14-5-6-16(25)19(26-20)18(14)22/h5-6,13,15,17,20,23,25H,3-4,7-12H2,1-2H3/t15-,17-,20+,21?,22+/m1/s1. The van der Waals surface area contributed by atoms with E-state index in [0.29, 0.717) is 17.8 Å². The topological polar surface area (TPSA) is 44.7 Å². The molecule has 1 spiro atoms. The van der Waals surface area contributed by atoms with Crippen molar-refractivity contribution in [1.29, 1.82) is 0 Å². The molecule has 1 saturated heterocycles. The molecule has 5 atom stereocenters. The van der Waals surface area contributed by atoms with Crippen LogP contribution in [0.25, 0.3) is 0 Å². The van der Waals surface area contributed by atoms with Gasteiger partial charge in [-0.05, 0) is 75.1 Å². The number of hydrogen-bond acceptors (Lipinski definition) is 4. The van der Waals surface area contributed by atoms with Gasteiger partial charge in [-0.3, -0.25) is 4.90 Å². The number of likely N-dealkylation sites (N-methyl/N-ethyl adjacent to an activating group) is 1. The zero-order valence-electron chi connectivity index (χ0n) is 15.9. The second-order valence-electron chi connectivity index (χ2n) is 9.72. The number of benzene rings is 1. The van der Waals surface area contributed by atoms with Gasteiger partial charge in [0.05, 0.1) is 0 Å². The monoisotopic (exact) mass is 354 g/mol. The van der Waals surface area contributed by atoms with Gasteiger partial charge in [-0.25, -0.2) is 0 Å². The Bertz CT molecular complexity index is 776. The van der Waals surface area contributed by atoms with Crippen LogP contribution in [0.4, 0.5) is 0 Å². The molecule has 3 aliphatic carbocycles. The third-order valence-electron chi connectivity index (χ3n) is 8.70. The first-order chi connectivity index (χ1) is 12.6. The Morgan fingerprint density at radius 3 is 2.88 bits per heavy atom. The lowest BCUT2D eigenvalue weighted by Crippen LogP contribution is -2.73. The van der Waals surface area contributed by atoms with Crippen LogP contribution in [0, 0.1) is 11.3 Å². The molecule has 0 radical (unpaired) electrons. The molecule has 2 heterocycles. The molecule has 140 valence electrons. The van der Waals surface area contributed by atoms with Crippen LogP contribution in [0.2, 0.25) is 0 Å². The third-order valence-corrected chi connectivity index (χ3v) is 8.70. The molecule has 1 aromatic rings. The van der Waals surface area contributed by atoms with Crippen LogP contribution in [0.15, 0.2) is 12.1 Å². The first-order valence-electron chi connectivity index (χ1n) is 10.5. The molecule has 6 rings (SSSR count). The van der Waals surface area contributed by atoms with Gasteiger partial charge in [-0.2, -0.15) is 0 Å². The van der Waals surface area contributed by atoms with Gasteiger partial charge in [0.2, 0.25) is 0 Å². The van der Waals surface area contributed by atoms with Gasteiger partial charge in [0.1, 0.15) is 6.10 Å². The van der Waals surface area contributed by atoms with Gasteiger partial charge in [-0.1, -0.05) is 13.0 Å². The average molecular weight is 354 g/mol. The van der Waals surface area contributed by atoms with Crippen molar-refractivity contribution in [3.63, 3.8) is 0 Å². The molecule has 26 heavy (non-hydrogen) atoms. The summed E-state index contributed by atoms with van der Waals surface area (Å²) in [5, 5.41) is 14.1. The Morgan fingerprint density at radius 1 is 1.27 bits per heavy atom. The van der Waals surface area contributed by atoms with E-state index < -0.39 is 0 Å². The molecule has 1 unspecified atom stereocenters. The van der Waals surface area contributed by atoms with Gasteiger partial charge < -0.3 is 15.2 Å². The van der Waals surface area contributed by atoms with E-state index >= 15 is 0 Å². The lowest BCUT2D eigenvalue weighted by Gasteiger charge is -2.65. The van der Waals surface area contributed by atoms with E-state index in [1.54, 1.807) is 0 Å². The van der Waals surface area contributed by atoms with Gasteiger partial charge in [0, 0.05) is 29.6 Å². The second kappa shape index (κ2) is 4.96. The highest BCUT2D eigenvalue weighted by Crippen LogP contribution is 2.69. The average Bonchev–Trinajstić information content (AvgIpc) is 3.37. The van der Waals surface area contributed by atoms with Crippen molar-refractivity contribution in [2.24, 2.45) is 11.3 Å². The minimum atomic E-state index is 0.0608. The summed E-state index contributed by atoms with van der Waals surface area (Å²) in [6, 6.07) is 5.03. The minimum Gasteiger partial charge on any atom is -0.504 e. The lowest BCUT2D eigenvalue weighted by molar-refractivity contribution is -0.124. The fourth-order valence-electron chi connectivity index (χ4n) is 7.23. The molecular weight excluding hydrogens is 324 g/mol. The fourth-order valence-corrected chi connectivity index (χ4v) is 7.23. The van der Waals surface area contributed by atoms with Gasteiger partial charge in [-0.15, -0.1) is 0 Å². The SMILES string of the molecule is CN[C@@H]1CCC2(C)[C@H]3Cc4ccc(O)c5c4[C@@]2(CCN3CC2CC2)[C@H]1O5. The van der Waals surface area contributed by atoms with E-state index in [1.165, 1.54) is 49.9 Å². The maximum atomic E-state index is 10.6. The number of phenolic OH excluding ortho intramolecular Hbond substituents is 1. The number of rotatable bonds is 3. The molecule has 4 nitrogen and oxygen atoms in total. The number of nitrogens with zero attached hydrogens (tertiary/aromatic N) is 1. The van der Waals surface area contributed by atoms with E-state index in [2.05, 4.69) is 30.3 Å². The van der Waals surface area contributed by atoms with E-state index in [0.717, 1.165) is 24.5 Å². The number of likely N-dealkylation sites (tertiary alicyclic amines) is 1. The predicted octanol–water partition coefficient (Wildman–Crippen LogP) is 2.82. The largest absolute Gasteiger partial charge is 0.504 e. The van der Waals surface area contributed by atoms with Gasteiger partial charge >= 0.3 is 0 Å². The molecular formula is C22H30N2O2. The van der Waals surface area contributed by atoms with Crippen LogP contribution >= 0.6 is 0 Å². The number of piperidine rings is 1. The summed E-state index contributed by atoms with van der Waals surface area (Å²) in [7, 11) is 2.07.